The third kappa shape index (κ3) is 3.44. The molecule has 6 heteroatoms. The minimum Gasteiger partial charge on any atom is -0.279 e. The van der Waals surface area contributed by atoms with Gasteiger partial charge in [0.05, 0.1) is 5.69 Å². The van der Waals surface area contributed by atoms with Crippen molar-refractivity contribution >= 4 is 31.6 Å². The van der Waals surface area contributed by atoms with E-state index in [1.807, 2.05) is 32.0 Å². The van der Waals surface area contributed by atoms with E-state index in [0.29, 0.717) is 16.6 Å². The van der Waals surface area contributed by atoms with Crippen LogP contribution in [-0.2, 0) is 16.4 Å². The Hall–Kier alpha value is -1.40. The van der Waals surface area contributed by atoms with Crippen LogP contribution in [0.15, 0.2) is 45.8 Å². The summed E-state index contributed by atoms with van der Waals surface area (Å²) < 4.78 is 41.6. The van der Waals surface area contributed by atoms with Gasteiger partial charge in [-0.1, -0.05) is 41.1 Å². The van der Waals surface area contributed by atoms with Crippen molar-refractivity contribution in [3.05, 3.63) is 57.8 Å². The van der Waals surface area contributed by atoms with Gasteiger partial charge in [0.2, 0.25) is 0 Å². The molecule has 0 spiro atoms. The largest absolute Gasteiger partial charge is 0.279 e. The lowest BCUT2D eigenvalue weighted by Gasteiger charge is -2.14. The van der Waals surface area contributed by atoms with Gasteiger partial charge < -0.3 is 0 Å². The molecule has 2 aromatic rings. The Morgan fingerprint density at radius 2 is 1.95 bits per heavy atom. The summed E-state index contributed by atoms with van der Waals surface area (Å²) in [7, 11) is -3.96. The van der Waals surface area contributed by atoms with Gasteiger partial charge in [-0.3, -0.25) is 4.72 Å². The number of anilines is 1. The van der Waals surface area contributed by atoms with Crippen LogP contribution < -0.4 is 4.72 Å². The summed E-state index contributed by atoms with van der Waals surface area (Å²) in [6.45, 7) is 3.75. The molecule has 0 saturated heterocycles. The maximum absolute atomic E-state index is 13.9. The molecule has 0 saturated carbocycles. The molecule has 0 atom stereocenters. The van der Waals surface area contributed by atoms with Crippen molar-refractivity contribution in [3.8, 4) is 0 Å². The van der Waals surface area contributed by atoms with Gasteiger partial charge in [-0.25, -0.2) is 12.8 Å². The van der Waals surface area contributed by atoms with Crippen molar-refractivity contribution in [1.29, 1.82) is 0 Å². The first-order valence-electron chi connectivity index (χ1n) is 6.41. The number of nitrogens with one attached hydrogen (secondary N) is 1. The van der Waals surface area contributed by atoms with E-state index in [1.165, 1.54) is 12.1 Å². The number of para-hydroxylation sites is 1. The molecule has 0 unspecified atom stereocenters. The summed E-state index contributed by atoms with van der Waals surface area (Å²) in [6.07, 6.45) is 0.683. The van der Waals surface area contributed by atoms with E-state index >= 15 is 0 Å². The Kier molecular flexibility index (Phi) is 4.68. The Labute approximate surface area is 132 Å². The molecule has 0 bridgehead atoms. The second-order valence-corrected chi connectivity index (χ2v) is 7.21. The fourth-order valence-electron chi connectivity index (χ4n) is 2.05. The van der Waals surface area contributed by atoms with Gasteiger partial charge in [-0.15, -0.1) is 0 Å². The normalized spacial score (nSPS) is 11.4. The summed E-state index contributed by atoms with van der Waals surface area (Å²) in [5.74, 6) is -0.788. The van der Waals surface area contributed by atoms with Crippen molar-refractivity contribution in [3.63, 3.8) is 0 Å². The first-order valence-corrected chi connectivity index (χ1v) is 8.69. The zero-order chi connectivity index (χ0) is 15.6. The van der Waals surface area contributed by atoms with E-state index in [-0.39, 0.29) is 4.90 Å². The third-order valence-corrected chi connectivity index (χ3v) is 5.04. The van der Waals surface area contributed by atoms with Crippen molar-refractivity contribution in [2.75, 3.05) is 4.72 Å². The van der Waals surface area contributed by atoms with Gasteiger partial charge in [-0.05, 0) is 42.7 Å². The Bertz CT molecular complexity index is 775. The first-order chi connectivity index (χ1) is 9.85. The summed E-state index contributed by atoms with van der Waals surface area (Å²) in [6, 6.07) is 9.40. The van der Waals surface area contributed by atoms with Crippen molar-refractivity contribution in [2.45, 2.75) is 25.2 Å². The lowest BCUT2D eigenvalue weighted by Crippen LogP contribution is -2.16. The second-order valence-electron chi connectivity index (χ2n) is 4.64. The number of halogens is 2. The van der Waals surface area contributed by atoms with E-state index in [1.54, 1.807) is 0 Å². The molecule has 2 aromatic carbocycles. The van der Waals surface area contributed by atoms with E-state index in [9.17, 15) is 12.8 Å². The highest BCUT2D eigenvalue weighted by atomic mass is 79.9. The lowest BCUT2D eigenvalue weighted by molar-refractivity contribution is 0.569. The van der Waals surface area contributed by atoms with Crippen LogP contribution in [0, 0.1) is 12.7 Å². The highest BCUT2D eigenvalue weighted by molar-refractivity contribution is 9.10. The average Bonchev–Trinajstić information content (AvgIpc) is 2.40. The number of hydrogen-bond acceptors (Lipinski definition) is 2. The van der Waals surface area contributed by atoms with Crippen molar-refractivity contribution in [2.24, 2.45) is 0 Å². The second kappa shape index (κ2) is 6.15. The molecule has 0 radical (unpaired) electrons. The molecule has 0 aliphatic rings. The maximum Gasteiger partial charge on any atom is 0.264 e. The maximum atomic E-state index is 13.9. The van der Waals surface area contributed by atoms with Crippen molar-refractivity contribution < 1.29 is 12.8 Å². The molecule has 21 heavy (non-hydrogen) atoms. The van der Waals surface area contributed by atoms with E-state index < -0.39 is 15.8 Å². The Morgan fingerprint density at radius 1 is 1.24 bits per heavy atom. The highest BCUT2D eigenvalue weighted by Crippen LogP contribution is 2.26. The van der Waals surface area contributed by atoms with Gasteiger partial charge in [0.25, 0.3) is 10.0 Å². The molecule has 0 aliphatic carbocycles. The molecule has 112 valence electrons. The topological polar surface area (TPSA) is 46.2 Å². The van der Waals surface area contributed by atoms with Gasteiger partial charge in [0.15, 0.2) is 0 Å². The van der Waals surface area contributed by atoms with Gasteiger partial charge in [0.1, 0.15) is 10.7 Å². The number of rotatable bonds is 4. The predicted molar refractivity (Wildman–Crippen MR) is 85.5 cm³/mol. The quantitative estimate of drug-likeness (QED) is 0.872. The Balaban J connectivity index is 2.47. The molecule has 0 heterocycles. The molecule has 0 amide bonds. The van der Waals surface area contributed by atoms with E-state index in [2.05, 4.69) is 20.7 Å². The fourth-order valence-corrected chi connectivity index (χ4v) is 3.62. The van der Waals surface area contributed by atoms with Crippen LogP contribution >= 0.6 is 15.9 Å². The zero-order valence-corrected chi connectivity index (χ0v) is 14.1. The number of benzene rings is 2. The van der Waals surface area contributed by atoms with Crippen LogP contribution in [0.3, 0.4) is 0 Å². The Morgan fingerprint density at radius 3 is 2.57 bits per heavy atom. The summed E-state index contributed by atoms with van der Waals surface area (Å²) in [5.41, 5.74) is 2.19. The molecule has 0 aromatic heterocycles. The van der Waals surface area contributed by atoms with Crippen LogP contribution in [0.1, 0.15) is 18.1 Å². The summed E-state index contributed by atoms with van der Waals surface area (Å²) in [5, 5.41) is 0. The van der Waals surface area contributed by atoms with Gasteiger partial charge in [-0.2, -0.15) is 0 Å². The smallest absolute Gasteiger partial charge is 0.264 e. The SMILES string of the molecule is CCc1cccc(C)c1NS(=O)(=O)c1ccc(Br)cc1F. The number of aryl methyl sites for hydroxylation is 2. The molecule has 1 N–H and O–H groups in total. The third-order valence-electron chi connectivity index (χ3n) is 3.16. The average molecular weight is 372 g/mol. The highest BCUT2D eigenvalue weighted by Gasteiger charge is 2.21. The minimum atomic E-state index is -3.96. The molecule has 2 rings (SSSR count). The molecule has 0 aliphatic heterocycles. The van der Waals surface area contributed by atoms with Crippen LogP contribution in [0.5, 0.6) is 0 Å². The number of hydrogen-bond donors (Lipinski definition) is 1. The van der Waals surface area contributed by atoms with Crippen LogP contribution in [0.2, 0.25) is 0 Å². The number of sulfonamides is 1. The van der Waals surface area contributed by atoms with Crippen LogP contribution in [-0.4, -0.2) is 8.42 Å². The lowest BCUT2D eigenvalue weighted by atomic mass is 10.1. The molecule has 0 fully saturated rings. The molecular formula is C15H15BrFNO2S. The fraction of sp³-hybridized carbons (Fsp3) is 0.200. The minimum absolute atomic E-state index is 0.365. The van der Waals surface area contributed by atoms with E-state index in [0.717, 1.165) is 17.2 Å². The van der Waals surface area contributed by atoms with Gasteiger partial charge in [0, 0.05) is 4.47 Å². The van der Waals surface area contributed by atoms with E-state index in [4.69, 9.17) is 0 Å². The molecular weight excluding hydrogens is 357 g/mol. The summed E-state index contributed by atoms with van der Waals surface area (Å²) in [4.78, 5) is -0.365. The standard InChI is InChI=1S/C15H15BrFNO2S/c1-3-11-6-4-5-10(2)15(11)18-21(19,20)14-8-7-12(16)9-13(14)17/h4-9,18H,3H2,1-2H3. The van der Waals surface area contributed by atoms with Crippen LogP contribution in [0.4, 0.5) is 10.1 Å². The zero-order valence-electron chi connectivity index (χ0n) is 11.7. The van der Waals surface area contributed by atoms with Crippen LogP contribution in [0.25, 0.3) is 0 Å². The van der Waals surface area contributed by atoms with Crippen molar-refractivity contribution in [1.82, 2.24) is 0 Å². The summed E-state index contributed by atoms with van der Waals surface area (Å²) >= 11 is 3.11. The monoisotopic (exact) mass is 371 g/mol. The molecule has 3 nitrogen and oxygen atoms in total. The predicted octanol–water partition coefficient (Wildman–Crippen LogP) is 4.26. The van der Waals surface area contributed by atoms with Gasteiger partial charge >= 0.3 is 0 Å². The first kappa shape index (κ1) is 16.0.